The third-order valence-electron chi connectivity index (χ3n) is 1.22. The van der Waals surface area contributed by atoms with Crippen LogP contribution in [0, 0.1) is 0 Å². The Labute approximate surface area is 74.7 Å². The van der Waals surface area contributed by atoms with E-state index < -0.39 is 0 Å². The van der Waals surface area contributed by atoms with Gasteiger partial charge in [0.2, 0.25) is 0 Å². The number of nitrogens with zero attached hydrogens (tertiary/aromatic N) is 1. The second-order valence-corrected chi connectivity index (χ2v) is 2.21. The highest BCUT2D eigenvalue weighted by Gasteiger charge is 1.81. The van der Waals surface area contributed by atoms with Gasteiger partial charge in [-0.2, -0.15) is 0 Å². The molecule has 12 heavy (non-hydrogen) atoms. The summed E-state index contributed by atoms with van der Waals surface area (Å²) in [6.45, 7) is 8.00. The Hall–Kier alpha value is -0.920. The van der Waals surface area contributed by atoms with Crippen LogP contribution in [0.3, 0.4) is 0 Å². The zero-order chi connectivity index (χ0) is 9.98. The van der Waals surface area contributed by atoms with E-state index in [4.69, 9.17) is 0 Å². The normalized spacial score (nSPS) is 12.8. The second-order valence-electron chi connectivity index (χ2n) is 2.21. The first kappa shape index (κ1) is 13.7. The summed E-state index contributed by atoms with van der Waals surface area (Å²) < 4.78 is 9.50. The minimum absolute atomic E-state index is 0.500. The van der Waals surface area contributed by atoms with E-state index in [2.05, 4.69) is 24.1 Å². The third kappa shape index (κ3) is 9.08. The first-order valence-electron chi connectivity index (χ1n) is 3.88. The molecule has 0 spiro atoms. The van der Waals surface area contributed by atoms with Crippen LogP contribution in [0.5, 0.6) is 0 Å². The zero-order valence-corrected chi connectivity index (χ0v) is 8.56. The molecule has 0 rings (SSSR count). The van der Waals surface area contributed by atoms with Gasteiger partial charge in [-0.1, -0.05) is 11.6 Å². The van der Waals surface area contributed by atoms with Gasteiger partial charge in [0.25, 0.3) is 0 Å². The molecule has 0 aliphatic carbocycles. The number of rotatable bonds is 2. The highest BCUT2D eigenvalue weighted by molar-refractivity contribution is 5.55. The van der Waals surface area contributed by atoms with Crippen LogP contribution < -0.4 is 0 Å². The maximum absolute atomic E-state index is 9.50. The van der Waals surface area contributed by atoms with Gasteiger partial charge in [0, 0.05) is 11.9 Å². The standard InChI is InChI=1S/C9H15N.CH3F/c1-5-8(3)7-9(4)10-6-2;1-2/h5-7H,1-4H3;1H3/b8-5-,9-7-,10-6?;. The van der Waals surface area contributed by atoms with Crippen LogP contribution in [0.4, 0.5) is 4.39 Å². The van der Waals surface area contributed by atoms with Gasteiger partial charge in [0.05, 0.1) is 7.18 Å². The molecular weight excluding hydrogens is 153 g/mol. The molecule has 0 unspecified atom stereocenters. The van der Waals surface area contributed by atoms with Gasteiger partial charge >= 0.3 is 0 Å². The lowest BCUT2D eigenvalue weighted by molar-refractivity contribution is 0.636. The van der Waals surface area contributed by atoms with E-state index in [-0.39, 0.29) is 0 Å². The van der Waals surface area contributed by atoms with Gasteiger partial charge in [-0.15, -0.1) is 0 Å². The fourth-order valence-electron chi connectivity index (χ4n) is 0.654. The Morgan fingerprint density at radius 2 is 1.67 bits per heavy atom. The maximum atomic E-state index is 9.50. The van der Waals surface area contributed by atoms with Crippen LogP contribution >= 0.6 is 0 Å². The van der Waals surface area contributed by atoms with Crippen LogP contribution in [-0.2, 0) is 0 Å². The van der Waals surface area contributed by atoms with E-state index in [1.54, 1.807) is 6.21 Å². The Balaban J connectivity index is 0. The van der Waals surface area contributed by atoms with Crippen molar-refractivity contribution < 1.29 is 4.39 Å². The van der Waals surface area contributed by atoms with Gasteiger partial charge in [-0.25, -0.2) is 0 Å². The first-order valence-corrected chi connectivity index (χ1v) is 3.88. The van der Waals surface area contributed by atoms with Crippen molar-refractivity contribution in [2.75, 3.05) is 7.18 Å². The van der Waals surface area contributed by atoms with Gasteiger partial charge in [0.15, 0.2) is 0 Å². The molecular formula is C10H18FN. The molecule has 0 aliphatic rings. The predicted molar refractivity (Wildman–Crippen MR) is 54.4 cm³/mol. The van der Waals surface area contributed by atoms with Crippen molar-refractivity contribution in [1.29, 1.82) is 0 Å². The lowest BCUT2D eigenvalue weighted by Gasteiger charge is -1.91. The lowest BCUT2D eigenvalue weighted by Crippen LogP contribution is -1.72. The van der Waals surface area contributed by atoms with Crippen molar-refractivity contribution in [3.63, 3.8) is 0 Å². The van der Waals surface area contributed by atoms with Crippen molar-refractivity contribution in [1.82, 2.24) is 0 Å². The van der Waals surface area contributed by atoms with E-state index in [0.717, 1.165) is 5.70 Å². The number of hydrogen-bond donors (Lipinski definition) is 0. The van der Waals surface area contributed by atoms with Gasteiger partial charge in [-0.05, 0) is 33.8 Å². The monoisotopic (exact) mass is 171 g/mol. The smallest absolute Gasteiger partial charge is 0.0785 e. The molecule has 70 valence electrons. The van der Waals surface area contributed by atoms with Crippen molar-refractivity contribution in [2.24, 2.45) is 4.99 Å². The van der Waals surface area contributed by atoms with E-state index in [1.165, 1.54) is 5.57 Å². The predicted octanol–water partition coefficient (Wildman–Crippen LogP) is 3.53. The van der Waals surface area contributed by atoms with Crippen LogP contribution in [-0.4, -0.2) is 13.4 Å². The van der Waals surface area contributed by atoms with E-state index >= 15 is 0 Å². The molecule has 0 bridgehead atoms. The van der Waals surface area contributed by atoms with Crippen LogP contribution in [0.15, 0.2) is 28.4 Å². The molecule has 0 heterocycles. The highest BCUT2D eigenvalue weighted by atomic mass is 19.1. The summed E-state index contributed by atoms with van der Waals surface area (Å²) in [5, 5.41) is 0. The van der Waals surface area contributed by atoms with E-state index in [9.17, 15) is 4.39 Å². The van der Waals surface area contributed by atoms with Crippen LogP contribution in [0.2, 0.25) is 0 Å². The van der Waals surface area contributed by atoms with Crippen molar-refractivity contribution in [2.45, 2.75) is 27.7 Å². The van der Waals surface area contributed by atoms with E-state index in [0.29, 0.717) is 7.18 Å². The summed E-state index contributed by atoms with van der Waals surface area (Å²) in [5.41, 5.74) is 2.31. The zero-order valence-electron chi connectivity index (χ0n) is 8.56. The third-order valence-corrected chi connectivity index (χ3v) is 1.22. The van der Waals surface area contributed by atoms with Crippen LogP contribution in [0.25, 0.3) is 0 Å². The minimum atomic E-state index is 0.500. The maximum Gasteiger partial charge on any atom is 0.0785 e. The molecule has 0 aromatic heterocycles. The molecule has 1 nitrogen and oxygen atoms in total. The fraction of sp³-hybridized carbons (Fsp3) is 0.500. The van der Waals surface area contributed by atoms with Gasteiger partial charge in [-0.3, -0.25) is 9.38 Å². The Morgan fingerprint density at radius 1 is 1.17 bits per heavy atom. The molecule has 0 aromatic rings. The van der Waals surface area contributed by atoms with E-state index in [1.807, 2.05) is 20.8 Å². The Kier molecular flexibility index (Phi) is 11.5. The summed E-state index contributed by atoms with van der Waals surface area (Å²) in [6.07, 6.45) is 5.92. The molecule has 0 N–H and O–H groups in total. The average molecular weight is 171 g/mol. The number of allylic oxidation sites excluding steroid dienone is 4. The molecule has 0 aromatic carbocycles. The number of aliphatic imine (C=N–C) groups is 1. The van der Waals surface area contributed by atoms with Crippen molar-refractivity contribution in [3.05, 3.63) is 23.4 Å². The first-order chi connectivity index (χ1) is 5.70. The molecule has 0 radical (unpaired) electrons. The minimum Gasteiger partial charge on any atom is -0.266 e. The highest BCUT2D eigenvalue weighted by Crippen LogP contribution is 2.01. The molecule has 2 heteroatoms. The number of hydrogen-bond acceptors (Lipinski definition) is 1. The Bertz CT molecular complexity index is 178. The fourth-order valence-corrected chi connectivity index (χ4v) is 0.654. The largest absolute Gasteiger partial charge is 0.266 e. The molecule has 0 fully saturated rings. The summed E-state index contributed by atoms with van der Waals surface area (Å²) >= 11 is 0. The Morgan fingerprint density at radius 3 is 2.00 bits per heavy atom. The number of alkyl halides is 1. The quantitative estimate of drug-likeness (QED) is 0.445. The molecule has 0 aliphatic heterocycles. The topological polar surface area (TPSA) is 12.4 Å². The van der Waals surface area contributed by atoms with Gasteiger partial charge < -0.3 is 0 Å². The second kappa shape index (κ2) is 10.1. The summed E-state index contributed by atoms with van der Waals surface area (Å²) in [6, 6.07) is 0. The number of halogens is 1. The summed E-state index contributed by atoms with van der Waals surface area (Å²) in [5.74, 6) is 0. The SMILES string of the molecule is CC=N/C(C)=C\C(C)=C/C.CF. The molecule has 0 saturated heterocycles. The lowest BCUT2D eigenvalue weighted by atomic mass is 10.2. The summed E-state index contributed by atoms with van der Waals surface area (Å²) in [4.78, 5) is 4.11. The molecule has 0 amide bonds. The molecule has 0 saturated carbocycles. The van der Waals surface area contributed by atoms with Gasteiger partial charge in [0.1, 0.15) is 0 Å². The van der Waals surface area contributed by atoms with Crippen molar-refractivity contribution >= 4 is 6.21 Å². The molecule has 0 atom stereocenters. The summed E-state index contributed by atoms with van der Waals surface area (Å²) in [7, 11) is 0.500. The average Bonchev–Trinajstić information content (AvgIpc) is 2.08. The van der Waals surface area contributed by atoms with Crippen LogP contribution in [0.1, 0.15) is 27.7 Å². The van der Waals surface area contributed by atoms with Crippen molar-refractivity contribution in [3.8, 4) is 0 Å².